The largest absolute Gasteiger partial charge is 0.303 e. The Labute approximate surface area is 143 Å². The van der Waals surface area contributed by atoms with Gasteiger partial charge in [-0.1, -0.05) is 19.0 Å². The highest BCUT2D eigenvalue weighted by Crippen LogP contribution is 2.28. The lowest BCUT2D eigenvalue weighted by molar-refractivity contribution is 0.208. The maximum absolute atomic E-state index is 12.5. The molecule has 3 nitrogen and oxygen atoms in total. The van der Waals surface area contributed by atoms with Crippen molar-refractivity contribution in [3.05, 3.63) is 29.8 Å². The van der Waals surface area contributed by atoms with E-state index in [2.05, 4.69) is 0 Å². The van der Waals surface area contributed by atoms with Crippen LogP contribution in [0.5, 0.6) is 0 Å². The quantitative estimate of drug-likeness (QED) is 0.858. The molecule has 1 aromatic carbocycles. The van der Waals surface area contributed by atoms with Crippen LogP contribution >= 0.6 is 0 Å². The molecule has 0 N–H and O–H groups in total. The predicted molar refractivity (Wildman–Crippen MR) is 78.3 cm³/mol. The second-order valence-electron chi connectivity index (χ2n) is 3.45. The molecule has 0 spiro atoms. The van der Waals surface area contributed by atoms with Gasteiger partial charge in [0.05, 0.1) is 4.90 Å². The summed E-state index contributed by atoms with van der Waals surface area (Å²) in [6.45, 7) is -16.5. The monoisotopic (exact) mass is 300 g/mol. The number of piperidine rings is 1. The predicted octanol–water partition coefficient (Wildman–Crippen LogP) is 2.68. The third-order valence-electron chi connectivity index (χ3n) is 2.18. The average molecular weight is 301 g/mol. The molecular formula is C15H23NO2S. The fraction of sp³-hybridized carbons (Fsp3) is 0.600. The first-order valence-corrected chi connectivity index (χ1v) is 6.47. The van der Waals surface area contributed by atoms with Crippen LogP contribution in [0.4, 0.5) is 0 Å². The molecule has 0 aliphatic carbocycles. The SMILES string of the molecule is [2H]C([2H])([2H])C([2H])([2H])C([2H])([2H])N1C([2H])([2H])C([2H])([2H])C([2H])([2H])C([2H])(c2cccc(S(=O)(=O)C([2H])([2H])[2H])c2)C1([2H])[2H]. The molecule has 19 heavy (non-hydrogen) atoms. The summed E-state index contributed by atoms with van der Waals surface area (Å²) >= 11 is 0. The topological polar surface area (TPSA) is 37.4 Å². The van der Waals surface area contributed by atoms with E-state index >= 15 is 0 Å². The molecule has 1 saturated heterocycles. The Kier molecular flexibility index (Phi) is 1.17. The highest BCUT2D eigenvalue weighted by Gasteiger charge is 2.21. The molecule has 1 atom stereocenters. The summed E-state index contributed by atoms with van der Waals surface area (Å²) in [5, 5.41) is 0. The van der Waals surface area contributed by atoms with Gasteiger partial charge in [-0.3, -0.25) is 0 Å². The van der Waals surface area contributed by atoms with Gasteiger partial charge in [-0.05, 0) is 55.7 Å². The van der Waals surface area contributed by atoms with Gasteiger partial charge >= 0.3 is 0 Å². The zero-order valence-corrected chi connectivity index (χ0v) is 10.3. The van der Waals surface area contributed by atoms with Gasteiger partial charge in [0.15, 0.2) is 9.84 Å². The van der Waals surface area contributed by atoms with Crippen LogP contribution in [0.3, 0.4) is 0 Å². The lowest BCUT2D eigenvalue weighted by Gasteiger charge is -2.32. The third kappa shape index (κ3) is 3.80. The van der Waals surface area contributed by atoms with Crippen molar-refractivity contribution in [3.63, 3.8) is 0 Å². The molecule has 1 aliphatic heterocycles. The Hall–Kier alpha value is -0.870. The molecule has 1 aromatic rings. The van der Waals surface area contributed by atoms with Gasteiger partial charge in [0.1, 0.15) is 0 Å². The average Bonchev–Trinajstić information content (AvgIpc) is 2.69. The standard InChI is InChI=1S/C15H23NO2S/c1-3-9-16-10-5-7-14(12-16)13-6-4-8-15(11-13)19(2,17)18/h4,6,8,11,14H,3,5,7,9-10,12H2,1-2H3/i1D3,2D3,3D2,5D2,7D2,9D2,10D2,12D2,14D. The second kappa shape index (κ2) is 6.06. The van der Waals surface area contributed by atoms with E-state index in [9.17, 15) is 8.42 Å². The minimum absolute atomic E-state index is 0.341. The van der Waals surface area contributed by atoms with E-state index < -0.39 is 82.7 Å². The second-order valence-corrected chi connectivity index (χ2v) is 4.93. The fourth-order valence-corrected chi connectivity index (χ4v) is 1.92. The van der Waals surface area contributed by atoms with Crippen LogP contribution in [-0.2, 0) is 9.84 Å². The Morgan fingerprint density at radius 1 is 1.63 bits per heavy atom. The highest BCUT2D eigenvalue weighted by molar-refractivity contribution is 7.90. The number of hydrogen-bond acceptors (Lipinski definition) is 3. The van der Waals surface area contributed by atoms with Crippen LogP contribution < -0.4 is 0 Å². The van der Waals surface area contributed by atoms with Crippen LogP contribution in [0.25, 0.3) is 0 Å². The molecule has 1 unspecified atom stereocenters. The van der Waals surface area contributed by atoms with Crippen molar-refractivity contribution >= 4 is 9.84 Å². The molecule has 2 rings (SSSR count). The Bertz CT molecular complexity index is 1200. The zero-order valence-electron chi connectivity index (χ0n) is 28.5. The molecule has 4 heteroatoms. The number of sulfone groups is 1. The van der Waals surface area contributed by atoms with Crippen LogP contribution in [0, 0.1) is 0 Å². The first-order chi connectivity index (χ1) is 16.3. The van der Waals surface area contributed by atoms with E-state index in [0.717, 1.165) is 6.07 Å². The molecule has 106 valence electrons. The summed E-state index contributed by atoms with van der Waals surface area (Å²) in [7, 11) is -5.19. The summed E-state index contributed by atoms with van der Waals surface area (Å²) in [6.07, 6.45) is -15.9. The lowest BCUT2D eigenvalue weighted by Crippen LogP contribution is -2.34. The number of nitrogens with zero attached hydrogens (tertiary/aromatic N) is 1. The summed E-state index contributed by atoms with van der Waals surface area (Å²) in [5.41, 5.74) is -1.08. The molecule has 1 aliphatic rings. The van der Waals surface area contributed by atoms with E-state index in [4.69, 9.17) is 26.0 Å². The highest BCUT2D eigenvalue weighted by atomic mass is 32.2. The summed E-state index contributed by atoms with van der Waals surface area (Å²) < 4.78 is 176. The van der Waals surface area contributed by atoms with Crippen molar-refractivity contribution in [1.29, 1.82) is 0 Å². The normalized spacial score (nSPS) is 53.6. The molecule has 0 amide bonds. The summed E-state index contributed by atoms with van der Waals surface area (Å²) in [5.74, 6) is -3.85. The molecule has 0 radical (unpaired) electrons. The van der Waals surface area contributed by atoms with Gasteiger partial charge in [-0.2, -0.15) is 0 Å². The molecule has 0 bridgehead atoms. The van der Waals surface area contributed by atoms with E-state index in [1.54, 1.807) is 0 Å². The number of hydrogen-bond donors (Lipinski definition) is 0. The van der Waals surface area contributed by atoms with Crippen molar-refractivity contribution in [3.8, 4) is 0 Å². The number of rotatable bonds is 4. The lowest BCUT2D eigenvalue weighted by atomic mass is 9.90. The molecule has 0 saturated carbocycles. The van der Waals surface area contributed by atoms with E-state index in [1.165, 1.54) is 0 Å². The summed E-state index contributed by atoms with van der Waals surface area (Å²) in [6, 6.07) is 2.52. The first kappa shape index (κ1) is 3.66. The first-order valence-electron chi connectivity index (χ1n) is 14.5. The molecule has 1 heterocycles. The number of likely N-dealkylation sites (tertiary alicyclic amines) is 1. The van der Waals surface area contributed by atoms with Gasteiger partial charge < -0.3 is 4.90 Å². The van der Waals surface area contributed by atoms with Crippen molar-refractivity contribution in [2.75, 3.05) is 25.7 Å². The Morgan fingerprint density at radius 3 is 3.32 bits per heavy atom. The van der Waals surface area contributed by atoms with Gasteiger partial charge in [-0.15, -0.1) is 0 Å². The van der Waals surface area contributed by atoms with Crippen LogP contribution in [0.15, 0.2) is 29.2 Å². The van der Waals surface area contributed by atoms with Crippen LogP contribution in [0.2, 0.25) is 0 Å². The van der Waals surface area contributed by atoms with Gasteiger partial charge in [-0.25, -0.2) is 8.42 Å². The van der Waals surface area contributed by atoms with Gasteiger partial charge in [0.2, 0.25) is 0 Å². The zero-order chi connectivity index (χ0) is 30.6. The van der Waals surface area contributed by atoms with Crippen molar-refractivity contribution in [2.24, 2.45) is 0 Å². The minimum Gasteiger partial charge on any atom is -0.303 e. The summed E-state index contributed by atoms with van der Waals surface area (Å²) in [4.78, 5) is -1.91. The number of benzene rings is 1. The maximum atomic E-state index is 12.5. The molecular weight excluding hydrogens is 258 g/mol. The molecule has 0 aromatic heterocycles. The fourth-order valence-electron chi connectivity index (χ4n) is 1.38. The minimum atomic E-state index is -5.19. The van der Waals surface area contributed by atoms with Crippen molar-refractivity contribution < 1.29 is 34.5 Å². The van der Waals surface area contributed by atoms with E-state index in [1.807, 2.05) is 0 Å². The van der Waals surface area contributed by atoms with Crippen molar-refractivity contribution in [2.45, 2.75) is 36.8 Å². The Balaban J connectivity index is 3.08. The smallest absolute Gasteiger partial charge is 0.175 e. The third-order valence-corrected chi connectivity index (χ3v) is 3.05. The molecule has 1 fully saturated rings. The van der Waals surface area contributed by atoms with Crippen LogP contribution in [0.1, 0.15) is 63.5 Å². The van der Waals surface area contributed by atoms with Gasteiger partial charge in [0, 0.05) is 38.7 Å². The Morgan fingerprint density at radius 2 is 2.53 bits per heavy atom. The van der Waals surface area contributed by atoms with Crippen LogP contribution in [-0.4, -0.2) is 39.0 Å². The van der Waals surface area contributed by atoms with Crippen molar-refractivity contribution in [1.82, 2.24) is 4.90 Å². The van der Waals surface area contributed by atoms with E-state index in [0.29, 0.717) is 18.2 Å². The van der Waals surface area contributed by atoms with E-state index in [-0.39, 0.29) is 0 Å². The maximum Gasteiger partial charge on any atom is 0.175 e. The van der Waals surface area contributed by atoms with Gasteiger partial charge in [0.25, 0.3) is 0 Å².